The van der Waals surface area contributed by atoms with Crippen molar-refractivity contribution in [3.63, 3.8) is 0 Å². The molecule has 0 amide bonds. The van der Waals surface area contributed by atoms with Crippen LogP contribution in [0, 0.1) is 11.8 Å². The van der Waals surface area contributed by atoms with E-state index in [2.05, 4.69) is 17.2 Å². The van der Waals surface area contributed by atoms with Crippen molar-refractivity contribution >= 4 is 17.1 Å². The molecule has 2 atom stereocenters. The molecule has 1 aromatic heterocycles. The Labute approximate surface area is 108 Å². The Bertz CT molecular complexity index is 487. The number of anilines is 1. The average Bonchev–Trinajstić information content (AvgIpc) is 2.79. The van der Waals surface area contributed by atoms with Crippen molar-refractivity contribution in [3.8, 4) is 0 Å². The summed E-state index contributed by atoms with van der Waals surface area (Å²) in [4.78, 5) is 4.44. The molecule has 0 saturated heterocycles. The van der Waals surface area contributed by atoms with E-state index in [0.29, 0.717) is 6.01 Å². The van der Waals surface area contributed by atoms with Gasteiger partial charge in [0.25, 0.3) is 6.01 Å². The van der Waals surface area contributed by atoms with E-state index in [0.717, 1.165) is 29.5 Å². The first kappa shape index (κ1) is 11.6. The summed E-state index contributed by atoms with van der Waals surface area (Å²) in [5, 5.41) is 3.35. The zero-order chi connectivity index (χ0) is 12.4. The summed E-state index contributed by atoms with van der Waals surface area (Å²) in [5.41, 5.74) is 1.79. The van der Waals surface area contributed by atoms with E-state index in [4.69, 9.17) is 4.42 Å². The van der Waals surface area contributed by atoms with Gasteiger partial charge in [-0.25, -0.2) is 0 Å². The van der Waals surface area contributed by atoms with Crippen LogP contribution in [0.3, 0.4) is 0 Å². The second-order valence-electron chi connectivity index (χ2n) is 5.51. The lowest BCUT2D eigenvalue weighted by Gasteiger charge is -2.26. The van der Waals surface area contributed by atoms with E-state index in [1.54, 1.807) is 0 Å². The Morgan fingerprint density at radius 1 is 1.33 bits per heavy atom. The van der Waals surface area contributed by atoms with Crippen LogP contribution in [0.1, 0.15) is 32.6 Å². The molecule has 3 rings (SSSR count). The lowest BCUT2D eigenvalue weighted by molar-refractivity contribution is 0.292. The van der Waals surface area contributed by atoms with E-state index in [9.17, 15) is 0 Å². The van der Waals surface area contributed by atoms with Gasteiger partial charge in [-0.2, -0.15) is 4.98 Å². The molecule has 3 nitrogen and oxygen atoms in total. The molecule has 0 spiro atoms. The summed E-state index contributed by atoms with van der Waals surface area (Å²) in [6, 6.07) is 8.55. The molecule has 1 N–H and O–H groups in total. The van der Waals surface area contributed by atoms with E-state index < -0.39 is 0 Å². The van der Waals surface area contributed by atoms with E-state index in [1.165, 1.54) is 25.7 Å². The molecule has 1 heterocycles. The van der Waals surface area contributed by atoms with Gasteiger partial charge in [0.2, 0.25) is 0 Å². The second kappa shape index (κ2) is 5.01. The van der Waals surface area contributed by atoms with Gasteiger partial charge in [-0.05, 0) is 36.8 Å². The molecular formula is C15H20N2O. The molecule has 2 aromatic rings. The van der Waals surface area contributed by atoms with E-state index in [1.807, 2.05) is 24.3 Å². The summed E-state index contributed by atoms with van der Waals surface area (Å²) < 4.78 is 5.66. The third-order valence-corrected chi connectivity index (χ3v) is 3.88. The van der Waals surface area contributed by atoms with E-state index in [-0.39, 0.29) is 0 Å². The van der Waals surface area contributed by atoms with Gasteiger partial charge < -0.3 is 9.73 Å². The fourth-order valence-corrected chi connectivity index (χ4v) is 2.92. The molecule has 1 fully saturated rings. The summed E-state index contributed by atoms with van der Waals surface area (Å²) in [7, 11) is 0. The van der Waals surface area contributed by atoms with Crippen LogP contribution in [0.15, 0.2) is 28.7 Å². The zero-order valence-corrected chi connectivity index (χ0v) is 10.9. The van der Waals surface area contributed by atoms with Crippen LogP contribution in [-0.2, 0) is 0 Å². The largest absolute Gasteiger partial charge is 0.424 e. The minimum atomic E-state index is 0.662. The summed E-state index contributed by atoms with van der Waals surface area (Å²) in [5.74, 6) is 1.64. The Morgan fingerprint density at radius 2 is 2.22 bits per heavy atom. The zero-order valence-electron chi connectivity index (χ0n) is 10.9. The van der Waals surface area contributed by atoms with Crippen LogP contribution in [0.4, 0.5) is 6.01 Å². The second-order valence-corrected chi connectivity index (χ2v) is 5.51. The van der Waals surface area contributed by atoms with Crippen LogP contribution in [0.25, 0.3) is 11.1 Å². The topological polar surface area (TPSA) is 38.1 Å². The fraction of sp³-hybridized carbons (Fsp3) is 0.533. The molecule has 2 unspecified atom stereocenters. The van der Waals surface area contributed by atoms with Crippen molar-refractivity contribution in [2.75, 3.05) is 11.9 Å². The van der Waals surface area contributed by atoms with Crippen LogP contribution < -0.4 is 5.32 Å². The number of benzene rings is 1. The third-order valence-electron chi connectivity index (χ3n) is 3.88. The Hall–Kier alpha value is -1.51. The number of aromatic nitrogens is 1. The van der Waals surface area contributed by atoms with Crippen molar-refractivity contribution in [2.45, 2.75) is 32.6 Å². The normalized spacial score (nSPS) is 24.3. The monoisotopic (exact) mass is 244 g/mol. The van der Waals surface area contributed by atoms with Crippen LogP contribution >= 0.6 is 0 Å². The minimum absolute atomic E-state index is 0.662. The van der Waals surface area contributed by atoms with Crippen LogP contribution in [-0.4, -0.2) is 11.5 Å². The van der Waals surface area contributed by atoms with Gasteiger partial charge in [-0.15, -0.1) is 0 Å². The highest BCUT2D eigenvalue weighted by Gasteiger charge is 2.19. The van der Waals surface area contributed by atoms with Gasteiger partial charge in [0.05, 0.1) is 0 Å². The number of fused-ring (bicyclic) bond motifs is 1. The maximum atomic E-state index is 5.66. The maximum Gasteiger partial charge on any atom is 0.295 e. The first-order chi connectivity index (χ1) is 8.81. The molecule has 96 valence electrons. The number of oxazole rings is 1. The summed E-state index contributed by atoms with van der Waals surface area (Å²) in [6.07, 6.45) is 5.41. The first-order valence-corrected chi connectivity index (χ1v) is 6.90. The molecular weight excluding hydrogens is 224 g/mol. The number of rotatable bonds is 3. The number of nitrogens with one attached hydrogen (secondary N) is 1. The predicted octanol–water partition coefficient (Wildman–Crippen LogP) is 4.07. The molecule has 0 radical (unpaired) electrons. The third kappa shape index (κ3) is 2.50. The molecule has 0 aliphatic heterocycles. The van der Waals surface area contributed by atoms with Crippen LogP contribution in [0.5, 0.6) is 0 Å². The van der Waals surface area contributed by atoms with Gasteiger partial charge in [-0.3, -0.25) is 0 Å². The highest BCUT2D eigenvalue weighted by Crippen LogP contribution is 2.29. The quantitative estimate of drug-likeness (QED) is 0.884. The minimum Gasteiger partial charge on any atom is -0.424 e. The van der Waals surface area contributed by atoms with Crippen molar-refractivity contribution in [1.82, 2.24) is 4.98 Å². The van der Waals surface area contributed by atoms with Crippen molar-refractivity contribution < 1.29 is 4.42 Å². The molecule has 1 aliphatic rings. The summed E-state index contributed by atoms with van der Waals surface area (Å²) in [6.45, 7) is 3.34. The number of hydrogen-bond acceptors (Lipinski definition) is 3. The molecule has 18 heavy (non-hydrogen) atoms. The van der Waals surface area contributed by atoms with Crippen molar-refractivity contribution in [3.05, 3.63) is 24.3 Å². The number of nitrogens with zero attached hydrogens (tertiary/aromatic N) is 1. The molecule has 3 heteroatoms. The standard InChI is InChI=1S/C15H20N2O/c1-11-5-4-6-12(9-11)10-16-15-17-13-7-2-3-8-14(13)18-15/h2-3,7-8,11-12H,4-6,9-10H2,1H3,(H,16,17). The molecule has 1 saturated carbocycles. The lowest BCUT2D eigenvalue weighted by Crippen LogP contribution is -2.21. The van der Waals surface area contributed by atoms with Crippen LogP contribution in [0.2, 0.25) is 0 Å². The lowest BCUT2D eigenvalue weighted by atomic mass is 9.82. The van der Waals surface area contributed by atoms with Gasteiger partial charge >= 0.3 is 0 Å². The van der Waals surface area contributed by atoms with Gasteiger partial charge in [0.15, 0.2) is 5.58 Å². The van der Waals surface area contributed by atoms with Gasteiger partial charge in [-0.1, -0.05) is 31.9 Å². The maximum absolute atomic E-state index is 5.66. The fourth-order valence-electron chi connectivity index (χ4n) is 2.92. The molecule has 1 aromatic carbocycles. The van der Waals surface area contributed by atoms with Crippen molar-refractivity contribution in [1.29, 1.82) is 0 Å². The molecule has 0 bridgehead atoms. The van der Waals surface area contributed by atoms with Crippen molar-refractivity contribution in [2.24, 2.45) is 11.8 Å². The Kier molecular flexibility index (Phi) is 3.22. The number of para-hydroxylation sites is 2. The average molecular weight is 244 g/mol. The highest BCUT2D eigenvalue weighted by molar-refractivity contribution is 5.74. The highest BCUT2D eigenvalue weighted by atomic mass is 16.4. The smallest absolute Gasteiger partial charge is 0.295 e. The first-order valence-electron chi connectivity index (χ1n) is 6.90. The molecule has 1 aliphatic carbocycles. The summed E-state index contributed by atoms with van der Waals surface area (Å²) >= 11 is 0. The predicted molar refractivity (Wildman–Crippen MR) is 73.6 cm³/mol. The van der Waals surface area contributed by atoms with E-state index >= 15 is 0 Å². The van der Waals surface area contributed by atoms with Gasteiger partial charge in [0, 0.05) is 6.54 Å². The Balaban J connectivity index is 1.62. The van der Waals surface area contributed by atoms with Gasteiger partial charge in [0.1, 0.15) is 5.52 Å². The Morgan fingerprint density at radius 3 is 3.06 bits per heavy atom. The number of hydrogen-bond donors (Lipinski definition) is 1. The SMILES string of the molecule is CC1CCCC(CNc2nc3ccccc3o2)C1.